The lowest BCUT2D eigenvalue weighted by Crippen LogP contribution is -2.15. The van der Waals surface area contributed by atoms with Crippen LogP contribution >= 0.6 is 0 Å². The molecule has 1 N–H and O–H groups in total. The fourth-order valence-electron chi connectivity index (χ4n) is 1.59. The van der Waals surface area contributed by atoms with Gasteiger partial charge in [-0.1, -0.05) is 26.0 Å². The van der Waals surface area contributed by atoms with E-state index in [0.717, 1.165) is 31.4 Å². The van der Waals surface area contributed by atoms with Crippen molar-refractivity contribution in [2.45, 2.75) is 45.6 Å². The second-order valence-electron chi connectivity index (χ2n) is 3.97. The molecule has 0 fully saturated rings. The zero-order valence-corrected chi connectivity index (χ0v) is 12.1. The van der Waals surface area contributed by atoms with Gasteiger partial charge in [0.05, 0.1) is 6.10 Å². The Balaban J connectivity index is 0.00000154. The molecule has 106 valence electrons. The van der Waals surface area contributed by atoms with Gasteiger partial charge in [-0.2, -0.15) is 0 Å². The van der Waals surface area contributed by atoms with Gasteiger partial charge in [-0.15, -0.1) is 13.2 Å². The van der Waals surface area contributed by atoms with Crippen LogP contribution in [0.15, 0.2) is 49.6 Å². The standard InChI is InChI=1S/C15H20O2.C2H6/c1-3-5-7-14(8-6-4-2)17-15-11-9-13(16)10-12-15;1-2/h3-4,9-12,14,16H,1-2,5-8H2;1-2H3. The Bertz CT molecular complexity index is 329. The summed E-state index contributed by atoms with van der Waals surface area (Å²) >= 11 is 0. The Morgan fingerprint density at radius 2 is 1.53 bits per heavy atom. The van der Waals surface area contributed by atoms with Crippen molar-refractivity contribution in [2.75, 3.05) is 0 Å². The largest absolute Gasteiger partial charge is 0.508 e. The molecule has 0 atom stereocenters. The van der Waals surface area contributed by atoms with Crippen molar-refractivity contribution in [1.29, 1.82) is 0 Å². The van der Waals surface area contributed by atoms with E-state index in [1.165, 1.54) is 0 Å². The average Bonchev–Trinajstić information content (AvgIpc) is 2.46. The van der Waals surface area contributed by atoms with Gasteiger partial charge < -0.3 is 9.84 Å². The molecular formula is C17H26O2. The maximum absolute atomic E-state index is 9.19. The third kappa shape index (κ3) is 8.09. The van der Waals surface area contributed by atoms with Gasteiger partial charge in [0.25, 0.3) is 0 Å². The van der Waals surface area contributed by atoms with Crippen molar-refractivity contribution in [1.82, 2.24) is 0 Å². The summed E-state index contributed by atoms with van der Waals surface area (Å²) in [5.74, 6) is 1.05. The van der Waals surface area contributed by atoms with Crippen LogP contribution in [0.5, 0.6) is 11.5 Å². The van der Waals surface area contributed by atoms with E-state index in [2.05, 4.69) is 13.2 Å². The number of aromatic hydroxyl groups is 1. The van der Waals surface area contributed by atoms with Crippen LogP contribution in [0.3, 0.4) is 0 Å². The minimum absolute atomic E-state index is 0.176. The van der Waals surface area contributed by atoms with Crippen molar-refractivity contribution in [3.8, 4) is 11.5 Å². The highest BCUT2D eigenvalue weighted by atomic mass is 16.5. The van der Waals surface area contributed by atoms with Crippen molar-refractivity contribution < 1.29 is 9.84 Å². The smallest absolute Gasteiger partial charge is 0.119 e. The second kappa shape index (κ2) is 11.4. The summed E-state index contributed by atoms with van der Waals surface area (Å²) in [7, 11) is 0. The predicted octanol–water partition coefficient (Wildman–Crippen LogP) is 5.10. The molecule has 19 heavy (non-hydrogen) atoms. The van der Waals surface area contributed by atoms with E-state index in [0.29, 0.717) is 0 Å². The van der Waals surface area contributed by atoms with Crippen LogP contribution < -0.4 is 4.74 Å². The first-order chi connectivity index (χ1) is 9.26. The Hall–Kier alpha value is -1.70. The van der Waals surface area contributed by atoms with Gasteiger partial charge in [-0.3, -0.25) is 0 Å². The molecule has 0 amide bonds. The van der Waals surface area contributed by atoms with E-state index < -0.39 is 0 Å². The predicted molar refractivity (Wildman–Crippen MR) is 82.7 cm³/mol. The minimum Gasteiger partial charge on any atom is -0.508 e. The molecule has 0 aliphatic rings. The Kier molecular flexibility index (Phi) is 10.4. The van der Waals surface area contributed by atoms with Gasteiger partial charge >= 0.3 is 0 Å². The lowest BCUT2D eigenvalue weighted by atomic mass is 10.1. The van der Waals surface area contributed by atoms with E-state index in [-0.39, 0.29) is 11.9 Å². The van der Waals surface area contributed by atoms with Crippen molar-refractivity contribution in [2.24, 2.45) is 0 Å². The molecular weight excluding hydrogens is 236 g/mol. The molecule has 0 saturated carbocycles. The second-order valence-corrected chi connectivity index (χ2v) is 3.97. The number of allylic oxidation sites excluding steroid dienone is 2. The Morgan fingerprint density at radius 1 is 1.05 bits per heavy atom. The zero-order chi connectivity index (χ0) is 14.5. The Labute approximate surface area is 117 Å². The molecule has 0 radical (unpaired) electrons. The van der Waals surface area contributed by atoms with Gasteiger partial charge in [0.1, 0.15) is 11.5 Å². The highest BCUT2D eigenvalue weighted by Crippen LogP contribution is 2.20. The number of phenolic OH excluding ortho intramolecular Hbond substituents is 1. The van der Waals surface area contributed by atoms with Crippen LogP contribution in [-0.4, -0.2) is 11.2 Å². The molecule has 1 aromatic rings. The first kappa shape index (κ1) is 17.3. The normalized spacial score (nSPS) is 9.42. The summed E-state index contributed by atoms with van der Waals surface area (Å²) < 4.78 is 5.87. The zero-order valence-electron chi connectivity index (χ0n) is 12.1. The van der Waals surface area contributed by atoms with Crippen LogP contribution in [0.25, 0.3) is 0 Å². The summed E-state index contributed by atoms with van der Waals surface area (Å²) in [4.78, 5) is 0. The average molecular weight is 262 g/mol. The van der Waals surface area contributed by atoms with E-state index in [9.17, 15) is 5.11 Å². The monoisotopic (exact) mass is 262 g/mol. The molecule has 2 heteroatoms. The van der Waals surface area contributed by atoms with E-state index in [1.54, 1.807) is 24.3 Å². The van der Waals surface area contributed by atoms with Crippen LogP contribution in [0.2, 0.25) is 0 Å². The number of benzene rings is 1. The molecule has 0 heterocycles. The minimum atomic E-state index is 0.176. The summed E-state index contributed by atoms with van der Waals surface area (Å²) in [6.07, 6.45) is 7.79. The van der Waals surface area contributed by atoms with Gasteiger partial charge in [-0.25, -0.2) is 0 Å². The molecule has 0 aliphatic heterocycles. The van der Waals surface area contributed by atoms with Gasteiger partial charge in [0.2, 0.25) is 0 Å². The first-order valence-corrected chi connectivity index (χ1v) is 6.93. The summed E-state index contributed by atoms with van der Waals surface area (Å²) in [6, 6.07) is 6.83. The van der Waals surface area contributed by atoms with Gasteiger partial charge in [0.15, 0.2) is 0 Å². The Morgan fingerprint density at radius 3 is 1.95 bits per heavy atom. The van der Waals surface area contributed by atoms with Crippen LogP contribution in [-0.2, 0) is 0 Å². The van der Waals surface area contributed by atoms with Crippen LogP contribution in [0, 0.1) is 0 Å². The quantitative estimate of drug-likeness (QED) is 0.660. The molecule has 2 nitrogen and oxygen atoms in total. The number of rotatable bonds is 8. The van der Waals surface area contributed by atoms with E-state index >= 15 is 0 Å². The highest BCUT2D eigenvalue weighted by Gasteiger charge is 2.08. The fraction of sp³-hybridized carbons (Fsp3) is 0.412. The van der Waals surface area contributed by atoms with Gasteiger partial charge in [-0.05, 0) is 49.9 Å². The lowest BCUT2D eigenvalue weighted by molar-refractivity contribution is 0.183. The van der Waals surface area contributed by atoms with Crippen molar-refractivity contribution in [3.05, 3.63) is 49.6 Å². The molecule has 0 aliphatic carbocycles. The summed E-state index contributed by atoms with van der Waals surface area (Å²) in [6.45, 7) is 11.4. The van der Waals surface area contributed by atoms with Crippen LogP contribution in [0.1, 0.15) is 39.5 Å². The van der Waals surface area contributed by atoms with E-state index in [1.807, 2.05) is 26.0 Å². The molecule has 0 spiro atoms. The maximum Gasteiger partial charge on any atom is 0.119 e. The number of hydrogen-bond acceptors (Lipinski definition) is 2. The highest BCUT2D eigenvalue weighted by molar-refractivity contribution is 5.30. The number of hydrogen-bond donors (Lipinski definition) is 1. The van der Waals surface area contributed by atoms with Crippen molar-refractivity contribution >= 4 is 0 Å². The molecule has 1 rings (SSSR count). The summed E-state index contributed by atoms with van der Waals surface area (Å²) in [5.41, 5.74) is 0. The number of phenols is 1. The van der Waals surface area contributed by atoms with Crippen LogP contribution in [0.4, 0.5) is 0 Å². The first-order valence-electron chi connectivity index (χ1n) is 6.93. The third-order valence-corrected chi connectivity index (χ3v) is 2.53. The SMILES string of the molecule is C=CCCC(CCC=C)Oc1ccc(O)cc1.CC. The fourth-order valence-corrected chi connectivity index (χ4v) is 1.59. The molecule has 0 bridgehead atoms. The van der Waals surface area contributed by atoms with E-state index in [4.69, 9.17) is 4.74 Å². The molecule has 0 unspecified atom stereocenters. The lowest BCUT2D eigenvalue weighted by Gasteiger charge is -2.18. The van der Waals surface area contributed by atoms with Crippen molar-refractivity contribution in [3.63, 3.8) is 0 Å². The maximum atomic E-state index is 9.19. The topological polar surface area (TPSA) is 29.5 Å². The third-order valence-electron chi connectivity index (χ3n) is 2.53. The molecule has 0 aromatic heterocycles. The molecule has 1 aromatic carbocycles. The van der Waals surface area contributed by atoms with Gasteiger partial charge in [0, 0.05) is 0 Å². The summed E-state index contributed by atoms with van der Waals surface area (Å²) in [5, 5.41) is 9.19. The molecule has 0 saturated heterocycles. The number of ether oxygens (including phenoxy) is 1.